The van der Waals surface area contributed by atoms with Crippen molar-refractivity contribution in [3.05, 3.63) is 0 Å². The van der Waals surface area contributed by atoms with Crippen molar-refractivity contribution < 1.29 is 4.79 Å². The number of nitrogens with zero attached hydrogens (tertiary/aromatic N) is 2. The number of carbonyl (C=O) groups excluding carboxylic acids is 1. The lowest BCUT2D eigenvalue weighted by molar-refractivity contribution is -0.126. The van der Waals surface area contributed by atoms with Crippen molar-refractivity contribution in [3.8, 4) is 0 Å². The molecule has 1 aliphatic rings. The predicted molar refractivity (Wildman–Crippen MR) is 72.9 cm³/mol. The highest BCUT2D eigenvalue weighted by atomic mass is 32.1. The van der Waals surface area contributed by atoms with E-state index in [1.165, 1.54) is 0 Å². The molecule has 1 amide bonds. The van der Waals surface area contributed by atoms with Gasteiger partial charge in [-0.25, -0.2) is 0 Å². The van der Waals surface area contributed by atoms with Crippen LogP contribution < -0.4 is 11.1 Å². The molecule has 0 aromatic heterocycles. The molecule has 0 radical (unpaired) electrons. The molecule has 98 valence electrons. The number of nitrogens with one attached hydrogen (secondary N) is 1. The summed E-state index contributed by atoms with van der Waals surface area (Å²) in [5.41, 5.74) is 5.52. The largest absolute Gasteiger partial charge is 0.392 e. The summed E-state index contributed by atoms with van der Waals surface area (Å²) in [5.74, 6) is 0.107. The van der Waals surface area contributed by atoms with Gasteiger partial charge < -0.3 is 11.1 Å². The molecule has 0 aliphatic carbocycles. The summed E-state index contributed by atoms with van der Waals surface area (Å²) in [6, 6.07) is -0.0538. The minimum Gasteiger partial charge on any atom is -0.392 e. The summed E-state index contributed by atoms with van der Waals surface area (Å²) in [5, 5.41) is 2.85. The molecule has 0 saturated carbocycles. The molecule has 1 fully saturated rings. The van der Waals surface area contributed by atoms with Gasteiger partial charge in [0.25, 0.3) is 0 Å². The molecule has 1 heterocycles. The molecule has 6 heteroatoms. The summed E-state index contributed by atoms with van der Waals surface area (Å²) in [4.78, 5) is 16.7. The maximum absolute atomic E-state index is 11.7. The lowest BCUT2D eigenvalue weighted by atomic mass is 10.2. The molecule has 17 heavy (non-hydrogen) atoms. The average molecular weight is 258 g/mol. The molecule has 1 rings (SSSR count). The Kier molecular flexibility index (Phi) is 5.80. The molecule has 1 saturated heterocycles. The van der Waals surface area contributed by atoms with Crippen molar-refractivity contribution in [2.45, 2.75) is 19.9 Å². The molecule has 0 aromatic rings. The number of amides is 1. The number of piperazine rings is 1. The van der Waals surface area contributed by atoms with E-state index in [4.69, 9.17) is 18.0 Å². The van der Waals surface area contributed by atoms with Gasteiger partial charge in [-0.05, 0) is 13.8 Å². The zero-order chi connectivity index (χ0) is 12.8. The molecule has 3 N–H and O–H groups in total. The van der Waals surface area contributed by atoms with Crippen LogP contribution in [0.4, 0.5) is 0 Å². The Balaban J connectivity index is 2.35. The van der Waals surface area contributed by atoms with Gasteiger partial charge in [-0.1, -0.05) is 12.2 Å². The van der Waals surface area contributed by atoms with Crippen LogP contribution in [0.3, 0.4) is 0 Å². The molecule has 1 aliphatic heterocycles. The highest BCUT2D eigenvalue weighted by molar-refractivity contribution is 7.80. The third-order valence-electron chi connectivity index (χ3n) is 3.06. The molecular formula is C11H22N4OS. The fourth-order valence-corrected chi connectivity index (χ4v) is 2.20. The van der Waals surface area contributed by atoms with Crippen molar-refractivity contribution >= 4 is 23.1 Å². The van der Waals surface area contributed by atoms with E-state index < -0.39 is 0 Å². The van der Waals surface area contributed by atoms with E-state index in [9.17, 15) is 4.79 Å². The number of rotatable bonds is 5. The Labute approximate surface area is 108 Å². The average Bonchev–Trinajstić information content (AvgIpc) is 2.28. The van der Waals surface area contributed by atoms with Gasteiger partial charge in [-0.15, -0.1) is 0 Å². The van der Waals surface area contributed by atoms with E-state index in [1.54, 1.807) is 0 Å². The maximum Gasteiger partial charge on any atom is 0.237 e. The van der Waals surface area contributed by atoms with Crippen LogP contribution in [-0.4, -0.2) is 66.0 Å². The summed E-state index contributed by atoms with van der Waals surface area (Å²) < 4.78 is 0. The lowest BCUT2D eigenvalue weighted by Gasteiger charge is -2.37. The minimum absolute atomic E-state index is 0.0538. The fraction of sp³-hybridized carbons (Fsp3) is 0.818. The number of hydrogen-bond donors (Lipinski definition) is 2. The second-order valence-electron chi connectivity index (χ2n) is 4.35. The monoisotopic (exact) mass is 258 g/mol. The Bertz CT molecular complexity index is 277. The van der Waals surface area contributed by atoms with Gasteiger partial charge in [-0.2, -0.15) is 0 Å². The predicted octanol–water partition coefficient (Wildman–Crippen LogP) is -0.585. The van der Waals surface area contributed by atoms with E-state index in [2.05, 4.69) is 15.1 Å². The van der Waals surface area contributed by atoms with E-state index in [0.29, 0.717) is 18.1 Å². The van der Waals surface area contributed by atoms with Gasteiger partial charge in [-0.3, -0.25) is 14.6 Å². The van der Waals surface area contributed by atoms with Crippen molar-refractivity contribution in [2.75, 3.05) is 39.3 Å². The highest BCUT2D eigenvalue weighted by Gasteiger charge is 2.25. The Morgan fingerprint density at radius 1 is 1.41 bits per heavy atom. The molecular weight excluding hydrogens is 236 g/mol. The van der Waals surface area contributed by atoms with Crippen LogP contribution in [0.2, 0.25) is 0 Å². The summed E-state index contributed by atoms with van der Waals surface area (Å²) in [6.07, 6.45) is 0. The first-order chi connectivity index (χ1) is 8.04. The van der Waals surface area contributed by atoms with E-state index in [-0.39, 0.29) is 11.9 Å². The van der Waals surface area contributed by atoms with Gasteiger partial charge in [0.05, 0.1) is 11.0 Å². The third kappa shape index (κ3) is 4.57. The topological polar surface area (TPSA) is 61.6 Å². The van der Waals surface area contributed by atoms with Gasteiger partial charge >= 0.3 is 0 Å². The zero-order valence-corrected chi connectivity index (χ0v) is 11.4. The number of carbonyl (C=O) groups is 1. The lowest BCUT2D eigenvalue weighted by Crippen LogP contribution is -2.54. The van der Waals surface area contributed by atoms with Crippen molar-refractivity contribution in [1.82, 2.24) is 15.1 Å². The molecule has 0 bridgehead atoms. The van der Waals surface area contributed by atoms with E-state index >= 15 is 0 Å². The molecule has 1 atom stereocenters. The third-order valence-corrected chi connectivity index (χ3v) is 3.19. The summed E-state index contributed by atoms with van der Waals surface area (Å²) in [7, 11) is 0. The van der Waals surface area contributed by atoms with Crippen LogP contribution >= 0.6 is 12.2 Å². The van der Waals surface area contributed by atoms with Crippen LogP contribution in [0.5, 0.6) is 0 Å². The SMILES string of the molecule is CCNC(=O)C(C)N1CCN(CC(N)=S)CC1. The normalized spacial score (nSPS) is 19.9. The van der Waals surface area contributed by atoms with E-state index in [1.807, 2.05) is 13.8 Å². The molecule has 5 nitrogen and oxygen atoms in total. The summed E-state index contributed by atoms with van der Waals surface area (Å²) in [6.45, 7) is 8.87. The van der Waals surface area contributed by atoms with Crippen LogP contribution in [0, 0.1) is 0 Å². The second kappa shape index (κ2) is 6.88. The number of hydrogen-bond acceptors (Lipinski definition) is 4. The van der Waals surface area contributed by atoms with Gasteiger partial charge in [0, 0.05) is 39.3 Å². The zero-order valence-electron chi connectivity index (χ0n) is 10.6. The van der Waals surface area contributed by atoms with Gasteiger partial charge in [0.1, 0.15) is 0 Å². The molecule has 1 unspecified atom stereocenters. The van der Waals surface area contributed by atoms with Crippen LogP contribution in [-0.2, 0) is 4.79 Å². The number of likely N-dealkylation sites (N-methyl/N-ethyl adjacent to an activating group) is 1. The second-order valence-corrected chi connectivity index (χ2v) is 4.87. The van der Waals surface area contributed by atoms with Gasteiger partial charge in [0.2, 0.25) is 5.91 Å². The highest BCUT2D eigenvalue weighted by Crippen LogP contribution is 2.06. The Hall–Kier alpha value is -0.720. The van der Waals surface area contributed by atoms with Crippen LogP contribution in [0.25, 0.3) is 0 Å². The number of thiocarbonyl (C=S) groups is 1. The standard InChI is InChI=1S/C11H22N4OS/c1-3-13-11(16)9(2)15-6-4-14(5-7-15)8-10(12)17/h9H,3-8H2,1-2H3,(H2,12,17)(H,13,16). The molecule has 0 spiro atoms. The first-order valence-electron chi connectivity index (χ1n) is 6.07. The summed E-state index contributed by atoms with van der Waals surface area (Å²) >= 11 is 4.89. The molecule has 0 aromatic carbocycles. The smallest absolute Gasteiger partial charge is 0.237 e. The minimum atomic E-state index is -0.0538. The Morgan fingerprint density at radius 3 is 2.47 bits per heavy atom. The van der Waals surface area contributed by atoms with Crippen molar-refractivity contribution in [2.24, 2.45) is 5.73 Å². The van der Waals surface area contributed by atoms with Crippen LogP contribution in [0.15, 0.2) is 0 Å². The maximum atomic E-state index is 11.7. The van der Waals surface area contributed by atoms with Crippen molar-refractivity contribution in [1.29, 1.82) is 0 Å². The fourth-order valence-electron chi connectivity index (χ4n) is 2.02. The first-order valence-corrected chi connectivity index (χ1v) is 6.47. The Morgan fingerprint density at radius 2 is 2.00 bits per heavy atom. The van der Waals surface area contributed by atoms with Crippen molar-refractivity contribution in [3.63, 3.8) is 0 Å². The van der Waals surface area contributed by atoms with Gasteiger partial charge in [0.15, 0.2) is 0 Å². The first kappa shape index (κ1) is 14.3. The number of nitrogens with two attached hydrogens (primary N) is 1. The van der Waals surface area contributed by atoms with Crippen LogP contribution in [0.1, 0.15) is 13.8 Å². The quantitative estimate of drug-likeness (QED) is 0.646. The van der Waals surface area contributed by atoms with E-state index in [0.717, 1.165) is 26.2 Å².